The van der Waals surface area contributed by atoms with Crippen molar-refractivity contribution in [1.29, 1.82) is 0 Å². The highest BCUT2D eigenvalue weighted by Crippen LogP contribution is 2.13. The molecule has 0 N–H and O–H groups in total. The third kappa shape index (κ3) is 3.07. The number of alkyl halides is 1. The van der Waals surface area contributed by atoms with Gasteiger partial charge in [0.05, 0.1) is 11.1 Å². The van der Waals surface area contributed by atoms with Crippen molar-refractivity contribution in [2.75, 3.05) is 30.7 Å². The van der Waals surface area contributed by atoms with Crippen LogP contribution in [-0.4, -0.2) is 46.4 Å². The van der Waals surface area contributed by atoms with E-state index in [0.717, 1.165) is 37.0 Å². The number of carbonyl (C=O) groups is 1. The fourth-order valence-corrected chi connectivity index (χ4v) is 2.78. The molecule has 2 rings (SSSR count). The van der Waals surface area contributed by atoms with E-state index in [0.29, 0.717) is 6.54 Å². The van der Waals surface area contributed by atoms with E-state index in [-0.39, 0.29) is 5.91 Å². The number of carbonyl (C=O) groups excluding carboxylic acids is 1. The number of hydrogen-bond acceptors (Lipinski definition) is 2. The summed E-state index contributed by atoms with van der Waals surface area (Å²) in [5.74, 6) is 0.265. The smallest absolute Gasteiger partial charge is 0.237 e. The molecule has 0 aromatic rings. The summed E-state index contributed by atoms with van der Waals surface area (Å²) >= 11 is 2.25. The molecule has 16 heavy (non-hydrogen) atoms. The van der Waals surface area contributed by atoms with Crippen molar-refractivity contribution in [3.05, 3.63) is 23.8 Å². The normalized spacial score (nSPS) is 22.4. The van der Waals surface area contributed by atoms with Crippen molar-refractivity contribution >= 4 is 28.5 Å². The minimum Gasteiger partial charge on any atom is -0.331 e. The number of allylic oxidation sites excluding steroid dienone is 2. The third-order valence-electron chi connectivity index (χ3n) is 3.02. The van der Waals surface area contributed by atoms with E-state index in [1.807, 2.05) is 4.90 Å². The summed E-state index contributed by atoms with van der Waals surface area (Å²) < 4.78 is 0.813. The molecular weight excluding hydrogens is 315 g/mol. The Morgan fingerprint density at radius 3 is 2.81 bits per heavy atom. The number of nitrogens with zero attached hydrogens (tertiary/aromatic N) is 2. The van der Waals surface area contributed by atoms with Gasteiger partial charge in [0, 0.05) is 19.6 Å². The molecule has 2 aliphatic rings. The van der Waals surface area contributed by atoms with Gasteiger partial charge in [-0.2, -0.15) is 0 Å². The van der Waals surface area contributed by atoms with Gasteiger partial charge in [0.15, 0.2) is 0 Å². The van der Waals surface area contributed by atoms with Gasteiger partial charge in [0.25, 0.3) is 0 Å². The molecule has 0 atom stereocenters. The fraction of sp³-hybridized carbons (Fsp3) is 0.583. The number of piperazine rings is 1. The summed E-state index contributed by atoms with van der Waals surface area (Å²) in [6.45, 7) is 3.38. The minimum atomic E-state index is 0.265. The largest absolute Gasteiger partial charge is 0.331 e. The Hall–Kier alpha value is -0.360. The minimum absolute atomic E-state index is 0.265. The van der Waals surface area contributed by atoms with Crippen LogP contribution in [0.3, 0.4) is 0 Å². The van der Waals surface area contributed by atoms with Crippen LogP contribution in [0.4, 0.5) is 0 Å². The molecule has 1 aliphatic carbocycles. The van der Waals surface area contributed by atoms with Crippen LogP contribution in [0.15, 0.2) is 23.8 Å². The van der Waals surface area contributed by atoms with Gasteiger partial charge in [0.1, 0.15) is 0 Å². The van der Waals surface area contributed by atoms with Crippen LogP contribution < -0.4 is 0 Å². The van der Waals surface area contributed by atoms with Crippen LogP contribution in [0.5, 0.6) is 0 Å². The second-order valence-electron chi connectivity index (χ2n) is 4.25. The number of hydrogen-bond donors (Lipinski definition) is 0. The average molecular weight is 332 g/mol. The molecule has 4 heteroatoms. The molecule has 1 aliphatic heterocycles. The van der Waals surface area contributed by atoms with E-state index in [1.54, 1.807) is 0 Å². The number of amides is 1. The maximum Gasteiger partial charge on any atom is 0.237 e. The molecule has 1 saturated heterocycles. The predicted octanol–water partition coefficient (Wildman–Crippen LogP) is 1.80. The molecule has 0 saturated carbocycles. The molecule has 3 nitrogen and oxygen atoms in total. The lowest BCUT2D eigenvalue weighted by atomic mass is 10.1. The van der Waals surface area contributed by atoms with Crippen LogP contribution in [-0.2, 0) is 4.79 Å². The van der Waals surface area contributed by atoms with Crippen LogP contribution in [0.1, 0.15) is 12.8 Å². The molecule has 1 amide bonds. The number of rotatable bonds is 3. The zero-order chi connectivity index (χ0) is 11.4. The monoisotopic (exact) mass is 332 g/mol. The molecule has 88 valence electrons. The van der Waals surface area contributed by atoms with E-state index in [1.165, 1.54) is 5.57 Å². The lowest BCUT2D eigenvalue weighted by molar-refractivity contribution is -0.134. The van der Waals surface area contributed by atoms with Crippen molar-refractivity contribution in [3.8, 4) is 0 Å². The van der Waals surface area contributed by atoms with Gasteiger partial charge in [-0.1, -0.05) is 40.8 Å². The first kappa shape index (κ1) is 12.1. The van der Waals surface area contributed by atoms with Gasteiger partial charge in [-0.3, -0.25) is 9.69 Å². The highest BCUT2D eigenvalue weighted by atomic mass is 127. The summed E-state index contributed by atoms with van der Waals surface area (Å²) in [4.78, 5) is 15.9. The fourth-order valence-electron chi connectivity index (χ4n) is 2.06. The quantitative estimate of drug-likeness (QED) is 0.447. The Labute approximate surface area is 110 Å². The van der Waals surface area contributed by atoms with Gasteiger partial charge in [-0.25, -0.2) is 0 Å². The lowest BCUT2D eigenvalue weighted by Crippen LogP contribution is -2.50. The Bertz CT molecular complexity index is 325. The van der Waals surface area contributed by atoms with Crippen molar-refractivity contribution in [2.45, 2.75) is 12.8 Å². The standard InChI is InChI=1S/C12H17IN2O/c13-10-15-7-6-14(9-12(15)16)8-11-4-2-1-3-5-11/h2,4-5H,1,3,6-10H2. The molecule has 0 aromatic heterocycles. The summed E-state index contributed by atoms with van der Waals surface area (Å²) in [5, 5.41) is 0. The molecule has 0 radical (unpaired) electrons. The Kier molecular flexibility index (Phi) is 4.40. The SMILES string of the molecule is O=C1CN(CC2=CCCC=C2)CCN1CI. The average Bonchev–Trinajstić information content (AvgIpc) is 2.31. The van der Waals surface area contributed by atoms with Crippen LogP contribution in [0.25, 0.3) is 0 Å². The highest BCUT2D eigenvalue weighted by molar-refractivity contribution is 14.1. The van der Waals surface area contributed by atoms with Gasteiger partial charge in [-0.05, 0) is 18.4 Å². The van der Waals surface area contributed by atoms with Crippen molar-refractivity contribution in [2.24, 2.45) is 0 Å². The van der Waals surface area contributed by atoms with E-state index in [4.69, 9.17) is 0 Å². The first-order chi connectivity index (χ1) is 7.79. The van der Waals surface area contributed by atoms with Crippen molar-refractivity contribution in [3.63, 3.8) is 0 Å². The molecule has 0 aromatic carbocycles. The first-order valence-electron chi connectivity index (χ1n) is 5.71. The van der Waals surface area contributed by atoms with Gasteiger partial charge in [0.2, 0.25) is 5.91 Å². The number of halogens is 1. The first-order valence-corrected chi connectivity index (χ1v) is 7.24. The molecule has 0 unspecified atom stereocenters. The third-order valence-corrected chi connectivity index (χ3v) is 3.84. The summed E-state index contributed by atoms with van der Waals surface area (Å²) in [5.41, 5.74) is 1.36. The summed E-state index contributed by atoms with van der Waals surface area (Å²) in [7, 11) is 0. The zero-order valence-corrected chi connectivity index (χ0v) is 11.5. The molecule has 0 bridgehead atoms. The van der Waals surface area contributed by atoms with Gasteiger partial charge < -0.3 is 4.90 Å². The summed E-state index contributed by atoms with van der Waals surface area (Å²) in [6, 6.07) is 0. The molecule has 1 heterocycles. The topological polar surface area (TPSA) is 23.6 Å². The highest BCUT2D eigenvalue weighted by Gasteiger charge is 2.22. The molecule has 1 fully saturated rings. The molecule has 0 spiro atoms. The Morgan fingerprint density at radius 1 is 1.31 bits per heavy atom. The van der Waals surface area contributed by atoms with E-state index < -0.39 is 0 Å². The summed E-state index contributed by atoms with van der Waals surface area (Å²) in [6.07, 6.45) is 9.00. The maximum atomic E-state index is 11.7. The van der Waals surface area contributed by atoms with Crippen LogP contribution in [0, 0.1) is 0 Å². The van der Waals surface area contributed by atoms with Crippen LogP contribution in [0.2, 0.25) is 0 Å². The van der Waals surface area contributed by atoms with E-state index >= 15 is 0 Å². The van der Waals surface area contributed by atoms with Gasteiger partial charge >= 0.3 is 0 Å². The molecular formula is C12H17IN2O. The maximum absolute atomic E-state index is 11.7. The Morgan fingerprint density at radius 2 is 2.19 bits per heavy atom. The van der Waals surface area contributed by atoms with Crippen LogP contribution >= 0.6 is 22.6 Å². The lowest BCUT2D eigenvalue weighted by Gasteiger charge is -2.33. The Balaban J connectivity index is 1.86. The second-order valence-corrected chi connectivity index (χ2v) is 4.93. The zero-order valence-electron chi connectivity index (χ0n) is 9.36. The van der Waals surface area contributed by atoms with Crippen molar-refractivity contribution < 1.29 is 4.79 Å². The predicted molar refractivity (Wildman–Crippen MR) is 73.5 cm³/mol. The van der Waals surface area contributed by atoms with E-state index in [2.05, 4.69) is 45.7 Å². The van der Waals surface area contributed by atoms with E-state index in [9.17, 15) is 4.79 Å². The second kappa shape index (κ2) is 5.82. The van der Waals surface area contributed by atoms with Crippen molar-refractivity contribution in [1.82, 2.24) is 9.80 Å². The van der Waals surface area contributed by atoms with Gasteiger partial charge in [-0.15, -0.1) is 0 Å².